The van der Waals surface area contributed by atoms with E-state index >= 15 is 0 Å². The van der Waals surface area contributed by atoms with Crippen LogP contribution in [0.2, 0.25) is 10.0 Å². The normalized spacial score (nSPS) is 14.9. The van der Waals surface area contributed by atoms with Crippen molar-refractivity contribution in [1.29, 1.82) is 0 Å². The van der Waals surface area contributed by atoms with E-state index in [-0.39, 0.29) is 29.8 Å². The molecule has 142 valence electrons. The van der Waals surface area contributed by atoms with E-state index in [4.69, 9.17) is 23.2 Å². The number of carbonyl (C=O) groups is 2. The summed E-state index contributed by atoms with van der Waals surface area (Å²) >= 11 is 11.8. The van der Waals surface area contributed by atoms with Gasteiger partial charge in [-0.2, -0.15) is 0 Å². The van der Waals surface area contributed by atoms with Crippen molar-refractivity contribution in [3.8, 4) is 0 Å². The Bertz CT molecular complexity index is 852. The Hall–Kier alpha value is -2.11. The Morgan fingerprint density at radius 2 is 1.78 bits per heavy atom. The molecule has 2 aromatic rings. The Morgan fingerprint density at radius 3 is 2.44 bits per heavy atom. The summed E-state index contributed by atoms with van der Waals surface area (Å²) in [5.41, 5.74) is 0.869. The molecule has 0 bridgehead atoms. The van der Waals surface area contributed by atoms with Gasteiger partial charge in [-0.15, -0.1) is 0 Å². The molecule has 0 saturated carbocycles. The van der Waals surface area contributed by atoms with Crippen LogP contribution in [0.5, 0.6) is 0 Å². The van der Waals surface area contributed by atoms with Crippen LogP contribution < -0.4 is 5.32 Å². The number of nitrogens with zero attached hydrogens (tertiary/aromatic N) is 1. The lowest BCUT2D eigenvalue weighted by atomic mass is 10.0. The highest BCUT2D eigenvalue weighted by atomic mass is 35.5. The number of amides is 2. The van der Waals surface area contributed by atoms with Gasteiger partial charge in [-0.1, -0.05) is 41.4 Å². The van der Waals surface area contributed by atoms with Crippen LogP contribution in [0.3, 0.4) is 0 Å². The zero-order valence-electron chi connectivity index (χ0n) is 14.6. The third kappa shape index (κ3) is 4.99. The number of carbonyl (C=O) groups excluding carboxylic acids is 2. The van der Waals surface area contributed by atoms with Crippen molar-refractivity contribution in [2.24, 2.45) is 0 Å². The summed E-state index contributed by atoms with van der Waals surface area (Å²) in [5, 5.41) is 3.86. The first kappa shape index (κ1) is 19.6. The van der Waals surface area contributed by atoms with Gasteiger partial charge in [-0.05, 0) is 42.7 Å². The predicted octanol–water partition coefficient (Wildman–Crippen LogP) is 4.10. The second kappa shape index (κ2) is 8.72. The lowest BCUT2D eigenvalue weighted by Gasteiger charge is -2.32. The summed E-state index contributed by atoms with van der Waals surface area (Å²) < 4.78 is 13.8. The standard InChI is InChI=1S/C20H19Cl2FN2O2/c21-16-6-5-13(11-17(16)22)12-19(26)24-14-7-9-25(10-8-14)20(27)15-3-1-2-4-18(15)23/h1-6,11,14H,7-10,12H2,(H,24,26). The molecule has 0 aromatic heterocycles. The molecule has 0 unspecified atom stereocenters. The Morgan fingerprint density at radius 1 is 1.07 bits per heavy atom. The van der Waals surface area contributed by atoms with Crippen molar-refractivity contribution in [3.05, 3.63) is 69.5 Å². The van der Waals surface area contributed by atoms with Gasteiger partial charge in [0.2, 0.25) is 5.91 Å². The van der Waals surface area contributed by atoms with Crippen LogP contribution in [0, 0.1) is 5.82 Å². The molecule has 4 nitrogen and oxygen atoms in total. The SMILES string of the molecule is O=C(Cc1ccc(Cl)c(Cl)c1)NC1CCN(C(=O)c2ccccc2F)CC1. The number of hydrogen-bond donors (Lipinski definition) is 1. The first-order valence-corrected chi connectivity index (χ1v) is 9.46. The Kier molecular flexibility index (Phi) is 6.34. The fraction of sp³-hybridized carbons (Fsp3) is 0.300. The lowest BCUT2D eigenvalue weighted by Crippen LogP contribution is -2.47. The topological polar surface area (TPSA) is 49.4 Å². The largest absolute Gasteiger partial charge is 0.353 e. The van der Waals surface area contributed by atoms with Crippen molar-refractivity contribution >= 4 is 35.0 Å². The highest BCUT2D eigenvalue weighted by molar-refractivity contribution is 6.42. The molecule has 2 aromatic carbocycles. The maximum atomic E-state index is 13.8. The number of rotatable bonds is 4. The van der Waals surface area contributed by atoms with Gasteiger partial charge in [0, 0.05) is 19.1 Å². The minimum atomic E-state index is -0.514. The molecule has 2 amide bonds. The minimum Gasteiger partial charge on any atom is -0.353 e. The maximum absolute atomic E-state index is 13.8. The molecule has 1 saturated heterocycles. The van der Waals surface area contributed by atoms with E-state index in [1.165, 1.54) is 12.1 Å². The number of benzene rings is 2. The Balaban J connectivity index is 1.50. The summed E-state index contributed by atoms with van der Waals surface area (Å²) in [5.74, 6) is -0.930. The quantitative estimate of drug-likeness (QED) is 0.827. The van der Waals surface area contributed by atoms with Crippen molar-refractivity contribution in [2.45, 2.75) is 25.3 Å². The minimum absolute atomic E-state index is 0.00931. The third-order valence-corrected chi connectivity index (χ3v) is 5.34. The van der Waals surface area contributed by atoms with E-state index in [1.54, 1.807) is 35.2 Å². The van der Waals surface area contributed by atoms with Gasteiger partial charge in [0.15, 0.2) is 0 Å². The van der Waals surface area contributed by atoms with Crippen molar-refractivity contribution in [1.82, 2.24) is 10.2 Å². The third-order valence-electron chi connectivity index (χ3n) is 4.60. The maximum Gasteiger partial charge on any atom is 0.256 e. The molecule has 1 heterocycles. The zero-order valence-corrected chi connectivity index (χ0v) is 16.1. The van der Waals surface area contributed by atoms with Crippen LogP contribution in [0.15, 0.2) is 42.5 Å². The van der Waals surface area contributed by atoms with Crippen LogP contribution in [0.4, 0.5) is 4.39 Å². The molecular formula is C20H19Cl2FN2O2. The molecule has 0 aliphatic carbocycles. The van der Waals surface area contributed by atoms with Gasteiger partial charge in [0.1, 0.15) is 5.82 Å². The molecular weight excluding hydrogens is 390 g/mol. The molecule has 0 radical (unpaired) electrons. The zero-order chi connectivity index (χ0) is 19.4. The molecule has 3 rings (SSSR count). The van der Waals surface area contributed by atoms with Crippen molar-refractivity contribution < 1.29 is 14.0 Å². The summed E-state index contributed by atoms with van der Waals surface area (Å²) in [6, 6.07) is 11.1. The van der Waals surface area contributed by atoms with Crippen LogP contribution in [-0.4, -0.2) is 35.8 Å². The second-order valence-corrected chi connectivity index (χ2v) is 7.35. The van der Waals surface area contributed by atoms with Crippen LogP contribution in [0.25, 0.3) is 0 Å². The smallest absolute Gasteiger partial charge is 0.256 e. The van der Waals surface area contributed by atoms with E-state index in [9.17, 15) is 14.0 Å². The average Bonchev–Trinajstić information content (AvgIpc) is 2.65. The van der Waals surface area contributed by atoms with E-state index in [2.05, 4.69) is 5.32 Å². The summed E-state index contributed by atoms with van der Waals surface area (Å²) in [4.78, 5) is 26.3. The predicted molar refractivity (Wildman–Crippen MR) is 104 cm³/mol. The van der Waals surface area contributed by atoms with Crippen molar-refractivity contribution in [3.63, 3.8) is 0 Å². The number of likely N-dealkylation sites (tertiary alicyclic amines) is 1. The van der Waals surface area contributed by atoms with Gasteiger partial charge in [0.05, 0.1) is 22.0 Å². The van der Waals surface area contributed by atoms with Crippen LogP contribution >= 0.6 is 23.2 Å². The van der Waals surface area contributed by atoms with Crippen LogP contribution in [0.1, 0.15) is 28.8 Å². The highest BCUT2D eigenvalue weighted by Gasteiger charge is 2.25. The fourth-order valence-electron chi connectivity index (χ4n) is 3.15. The van der Waals surface area contributed by atoms with E-state index in [0.29, 0.717) is 36.0 Å². The molecule has 0 atom stereocenters. The van der Waals surface area contributed by atoms with Gasteiger partial charge >= 0.3 is 0 Å². The molecule has 7 heteroatoms. The number of halogens is 3. The molecule has 1 N–H and O–H groups in total. The number of hydrogen-bond acceptors (Lipinski definition) is 2. The highest BCUT2D eigenvalue weighted by Crippen LogP contribution is 2.23. The van der Waals surface area contributed by atoms with Crippen LogP contribution in [-0.2, 0) is 11.2 Å². The Labute approximate surface area is 167 Å². The van der Waals surface area contributed by atoms with E-state index < -0.39 is 5.82 Å². The summed E-state index contributed by atoms with van der Waals surface area (Å²) in [6.45, 7) is 0.954. The molecule has 1 aliphatic rings. The van der Waals surface area contributed by atoms with Gasteiger partial charge in [-0.25, -0.2) is 4.39 Å². The van der Waals surface area contributed by atoms with E-state index in [0.717, 1.165) is 5.56 Å². The average molecular weight is 409 g/mol. The monoisotopic (exact) mass is 408 g/mol. The first-order valence-electron chi connectivity index (χ1n) is 8.71. The molecule has 0 spiro atoms. The summed E-state index contributed by atoms with van der Waals surface area (Å²) in [7, 11) is 0. The summed E-state index contributed by atoms with van der Waals surface area (Å²) in [6.07, 6.45) is 1.48. The number of piperidine rings is 1. The first-order chi connectivity index (χ1) is 12.9. The van der Waals surface area contributed by atoms with Gasteiger partial charge < -0.3 is 10.2 Å². The second-order valence-electron chi connectivity index (χ2n) is 6.54. The molecule has 1 fully saturated rings. The van der Waals surface area contributed by atoms with E-state index in [1.807, 2.05) is 0 Å². The fourth-order valence-corrected chi connectivity index (χ4v) is 3.47. The molecule has 1 aliphatic heterocycles. The van der Waals surface area contributed by atoms with Crippen molar-refractivity contribution in [2.75, 3.05) is 13.1 Å². The van der Waals surface area contributed by atoms with Gasteiger partial charge in [0.25, 0.3) is 5.91 Å². The lowest BCUT2D eigenvalue weighted by molar-refractivity contribution is -0.121. The molecule has 27 heavy (non-hydrogen) atoms. The van der Waals surface area contributed by atoms with Gasteiger partial charge in [-0.3, -0.25) is 9.59 Å². The number of nitrogens with one attached hydrogen (secondary N) is 1.